The van der Waals surface area contributed by atoms with E-state index in [-0.39, 0.29) is 11.8 Å². The van der Waals surface area contributed by atoms with Gasteiger partial charge in [0.25, 0.3) is 0 Å². The van der Waals surface area contributed by atoms with E-state index < -0.39 is 0 Å². The Labute approximate surface area is 161 Å². The van der Waals surface area contributed by atoms with Gasteiger partial charge in [-0.2, -0.15) is 0 Å². The molecule has 27 heavy (non-hydrogen) atoms. The summed E-state index contributed by atoms with van der Waals surface area (Å²) in [6.07, 6.45) is 1.46. The van der Waals surface area contributed by atoms with Crippen LogP contribution < -0.4 is 15.4 Å². The third-order valence-corrected chi connectivity index (χ3v) is 4.97. The number of aryl methyl sites for hydroxylation is 1. The first-order chi connectivity index (χ1) is 13.1. The van der Waals surface area contributed by atoms with Gasteiger partial charge in [0.1, 0.15) is 5.75 Å². The maximum absolute atomic E-state index is 12.2. The van der Waals surface area contributed by atoms with Crippen LogP contribution in [0, 0.1) is 0 Å². The third kappa shape index (κ3) is 5.04. The second kappa shape index (κ2) is 8.64. The van der Waals surface area contributed by atoms with Crippen molar-refractivity contribution in [3.63, 3.8) is 0 Å². The van der Waals surface area contributed by atoms with Gasteiger partial charge < -0.3 is 15.4 Å². The van der Waals surface area contributed by atoms with E-state index in [0.717, 1.165) is 27.2 Å². The van der Waals surface area contributed by atoms with E-state index >= 15 is 0 Å². The lowest BCUT2D eigenvalue weighted by Crippen LogP contribution is -2.12. The first-order valence-electron chi connectivity index (χ1n) is 8.70. The fraction of sp³-hybridized carbons (Fsp3) is 0.250. The molecule has 140 valence electrons. The van der Waals surface area contributed by atoms with Crippen LogP contribution in [0.15, 0.2) is 42.5 Å². The first kappa shape index (κ1) is 18.8. The summed E-state index contributed by atoms with van der Waals surface area (Å²) in [5, 5.41) is 6.25. The second-order valence-electron chi connectivity index (χ2n) is 6.00. The smallest absolute Gasteiger partial charge is 0.225 e. The molecule has 0 bridgehead atoms. The number of hydrogen-bond donors (Lipinski definition) is 2. The number of benzene rings is 2. The van der Waals surface area contributed by atoms with Gasteiger partial charge in [0.15, 0.2) is 5.13 Å². The molecule has 0 unspecified atom stereocenters. The highest BCUT2D eigenvalue weighted by Gasteiger charge is 2.09. The van der Waals surface area contributed by atoms with Crippen LogP contribution in [0.1, 0.15) is 25.3 Å². The van der Waals surface area contributed by atoms with Gasteiger partial charge in [-0.15, -0.1) is 0 Å². The van der Waals surface area contributed by atoms with Gasteiger partial charge in [-0.05, 0) is 42.3 Å². The predicted molar refractivity (Wildman–Crippen MR) is 108 cm³/mol. The molecular formula is C20H21N3O3S. The number of fused-ring (bicyclic) bond motifs is 1. The van der Waals surface area contributed by atoms with Gasteiger partial charge in [-0.3, -0.25) is 9.59 Å². The summed E-state index contributed by atoms with van der Waals surface area (Å²) in [5.41, 5.74) is 2.60. The van der Waals surface area contributed by atoms with Crippen LogP contribution in [-0.4, -0.2) is 23.9 Å². The van der Waals surface area contributed by atoms with Gasteiger partial charge in [0.2, 0.25) is 11.8 Å². The van der Waals surface area contributed by atoms with Crippen molar-refractivity contribution in [2.45, 2.75) is 26.2 Å². The molecule has 3 aromatic rings. The molecule has 0 aliphatic carbocycles. The minimum atomic E-state index is -0.0684. The normalized spacial score (nSPS) is 10.6. The van der Waals surface area contributed by atoms with Gasteiger partial charge in [-0.25, -0.2) is 4.98 Å². The van der Waals surface area contributed by atoms with Crippen molar-refractivity contribution in [3.05, 3.63) is 48.0 Å². The van der Waals surface area contributed by atoms with E-state index in [2.05, 4.69) is 15.6 Å². The highest BCUT2D eigenvalue weighted by Crippen LogP contribution is 2.28. The summed E-state index contributed by atoms with van der Waals surface area (Å²) >= 11 is 1.39. The lowest BCUT2D eigenvalue weighted by Gasteiger charge is -2.06. The largest absolute Gasteiger partial charge is 0.497 e. The summed E-state index contributed by atoms with van der Waals surface area (Å²) < 4.78 is 6.04. The number of anilines is 2. The first-order valence-corrected chi connectivity index (χ1v) is 9.52. The van der Waals surface area contributed by atoms with Crippen molar-refractivity contribution in [3.8, 4) is 5.75 Å². The molecule has 0 saturated heterocycles. The number of ether oxygens (including phenoxy) is 1. The van der Waals surface area contributed by atoms with Crippen molar-refractivity contribution in [2.24, 2.45) is 0 Å². The van der Waals surface area contributed by atoms with E-state index in [0.29, 0.717) is 24.4 Å². The number of carbonyl (C=O) groups excluding carboxylic acids is 2. The van der Waals surface area contributed by atoms with Crippen molar-refractivity contribution >= 4 is 44.2 Å². The van der Waals surface area contributed by atoms with Gasteiger partial charge in [-0.1, -0.05) is 30.4 Å². The van der Waals surface area contributed by atoms with Crippen molar-refractivity contribution < 1.29 is 14.3 Å². The fourth-order valence-corrected chi connectivity index (χ4v) is 3.46. The number of hydrogen-bond acceptors (Lipinski definition) is 5. The third-order valence-electron chi connectivity index (χ3n) is 4.04. The Morgan fingerprint density at radius 3 is 2.56 bits per heavy atom. The topological polar surface area (TPSA) is 80.3 Å². The zero-order chi connectivity index (χ0) is 19.2. The molecule has 2 N–H and O–H groups in total. The molecule has 7 heteroatoms. The van der Waals surface area contributed by atoms with E-state index in [9.17, 15) is 9.59 Å². The lowest BCUT2D eigenvalue weighted by molar-refractivity contribution is -0.116. The quantitative estimate of drug-likeness (QED) is 0.640. The molecule has 0 fully saturated rings. The van der Waals surface area contributed by atoms with E-state index in [1.165, 1.54) is 11.3 Å². The zero-order valence-electron chi connectivity index (χ0n) is 15.2. The highest BCUT2D eigenvalue weighted by molar-refractivity contribution is 7.22. The number of thiazole rings is 1. The summed E-state index contributed by atoms with van der Waals surface area (Å²) in [5.74, 6) is 0.686. The molecule has 2 aromatic carbocycles. The van der Waals surface area contributed by atoms with Crippen LogP contribution >= 0.6 is 11.3 Å². The van der Waals surface area contributed by atoms with Crippen molar-refractivity contribution in [1.29, 1.82) is 0 Å². The number of amides is 2. The van der Waals surface area contributed by atoms with Crippen LogP contribution in [0.25, 0.3) is 10.2 Å². The molecule has 0 radical (unpaired) electrons. The number of rotatable bonds is 7. The molecule has 2 amide bonds. The zero-order valence-corrected chi connectivity index (χ0v) is 16.1. The van der Waals surface area contributed by atoms with Gasteiger partial charge >= 0.3 is 0 Å². The average molecular weight is 383 g/mol. The monoisotopic (exact) mass is 383 g/mol. The SMILES string of the molecule is CCC(=O)Nc1nc2ccc(NC(=O)CCc3ccc(OC)cc3)cc2s1. The Morgan fingerprint density at radius 1 is 1.07 bits per heavy atom. The maximum atomic E-state index is 12.2. The Kier molecular flexibility index (Phi) is 6.03. The second-order valence-corrected chi connectivity index (χ2v) is 7.03. The molecule has 0 saturated carbocycles. The van der Waals surface area contributed by atoms with Gasteiger partial charge in [0, 0.05) is 18.5 Å². The number of nitrogens with one attached hydrogen (secondary N) is 2. The molecular weight excluding hydrogens is 362 g/mol. The van der Waals surface area contributed by atoms with Crippen LogP contribution in [0.4, 0.5) is 10.8 Å². The molecule has 0 aliphatic rings. The lowest BCUT2D eigenvalue weighted by atomic mass is 10.1. The number of aromatic nitrogens is 1. The molecule has 1 heterocycles. The van der Waals surface area contributed by atoms with E-state index in [1.54, 1.807) is 14.0 Å². The maximum Gasteiger partial charge on any atom is 0.225 e. The van der Waals surface area contributed by atoms with Crippen LogP contribution in [0.5, 0.6) is 5.75 Å². The summed E-state index contributed by atoms with van der Waals surface area (Å²) in [6.45, 7) is 1.79. The van der Waals surface area contributed by atoms with E-state index in [4.69, 9.17) is 4.74 Å². The minimum absolute atomic E-state index is 0.0470. The molecule has 0 spiro atoms. The Morgan fingerprint density at radius 2 is 1.85 bits per heavy atom. The molecule has 6 nitrogen and oxygen atoms in total. The molecule has 0 atom stereocenters. The van der Waals surface area contributed by atoms with Crippen molar-refractivity contribution in [2.75, 3.05) is 17.7 Å². The summed E-state index contributed by atoms with van der Waals surface area (Å²) in [6, 6.07) is 13.2. The minimum Gasteiger partial charge on any atom is -0.497 e. The van der Waals surface area contributed by atoms with E-state index in [1.807, 2.05) is 42.5 Å². The fourth-order valence-electron chi connectivity index (χ4n) is 2.54. The summed E-state index contributed by atoms with van der Waals surface area (Å²) in [4.78, 5) is 28.1. The summed E-state index contributed by atoms with van der Waals surface area (Å²) in [7, 11) is 1.63. The highest BCUT2D eigenvalue weighted by atomic mass is 32.1. The standard InChI is InChI=1S/C20H21N3O3S/c1-3-18(24)23-20-22-16-10-7-14(12-17(16)27-20)21-19(25)11-6-13-4-8-15(26-2)9-5-13/h4-5,7-10,12H,3,6,11H2,1-2H3,(H,21,25)(H,22,23,24). The Hall–Kier alpha value is -2.93. The number of methoxy groups -OCH3 is 1. The van der Waals surface area contributed by atoms with Crippen molar-refractivity contribution in [1.82, 2.24) is 4.98 Å². The molecule has 1 aromatic heterocycles. The van der Waals surface area contributed by atoms with Crippen LogP contribution in [0.2, 0.25) is 0 Å². The molecule has 0 aliphatic heterocycles. The number of nitrogens with zero attached hydrogens (tertiary/aromatic N) is 1. The Balaban J connectivity index is 1.59. The number of carbonyl (C=O) groups is 2. The predicted octanol–water partition coefficient (Wildman–Crippen LogP) is 4.22. The average Bonchev–Trinajstić information content (AvgIpc) is 3.08. The van der Waals surface area contributed by atoms with Crippen LogP contribution in [-0.2, 0) is 16.0 Å². The molecule has 3 rings (SSSR count). The Bertz CT molecular complexity index is 951. The van der Waals surface area contributed by atoms with Crippen LogP contribution in [0.3, 0.4) is 0 Å². The van der Waals surface area contributed by atoms with Gasteiger partial charge in [0.05, 0.1) is 17.3 Å².